The van der Waals surface area contributed by atoms with Crippen molar-refractivity contribution in [3.63, 3.8) is 0 Å². The van der Waals surface area contributed by atoms with E-state index in [1.165, 1.54) is 11.1 Å². The molecule has 1 aliphatic heterocycles. The maximum atomic E-state index is 14.6. The number of carboxylic acid groups (broad SMARTS) is 2. The SMILES string of the molecule is C=C(C)C1CCC2(NC(=O)N3CCN(C(=O)OC(C)(C)C)CC3CC(=O)O)CCC3(C)C(CCC4C5(C)CC=C(c6ccc(C(=O)O)cc6)C(C)(C)C5CCC43C)C12. The molecule has 0 radical (unpaired) electrons. The van der Waals surface area contributed by atoms with Gasteiger partial charge in [0.05, 0.1) is 18.0 Å². The molecule has 1 saturated heterocycles. The molecule has 4 saturated carbocycles. The number of amides is 3. The molecule has 58 heavy (non-hydrogen) atoms. The van der Waals surface area contributed by atoms with Crippen LogP contribution >= 0.6 is 0 Å². The highest BCUT2D eigenvalue weighted by atomic mass is 16.6. The maximum absolute atomic E-state index is 14.6. The number of carbonyl (C=O) groups is 4. The zero-order valence-corrected chi connectivity index (χ0v) is 36.6. The molecule has 6 aliphatic rings. The van der Waals surface area contributed by atoms with Crippen molar-refractivity contribution in [2.45, 2.75) is 144 Å². The van der Waals surface area contributed by atoms with Crippen molar-refractivity contribution < 1.29 is 34.1 Å². The smallest absolute Gasteiger partial charge is 0.410 e. The fourth-order valence-corrected chi connectivity index (χ4v) is 14.5. The third-order valence-corrected chi connectivity index (χ3v) is 17.2. The standard InChI is InChI=1S/C48H69N3O7/c1-29(2)33-17-22-48(49-41(56)51-26-25-50(28-32(51)27-38(52)53)42(57)58-43(3,4)5)24-23-46(9)35(39(33)48)15-16-37-45(8)20-18-34(30-11-13-31(14-12-30)40(54)55)44(6,7)36(45)19-21-47(37,46)10/h11-14,18,32-33,35-37,39H,1,15-17,19-28H2,2-10H3,(H,49,56)(H,52,53)(H,54,55). The summed E-state index contributed by atoms with van der Waals surface area (Å²) in [5.41, 5.74) is 3.07. The van der Waals surface area contributed by atoms with E-state index in [-0.39, 0.29) is 59.7 Å². The van der Waals surface area contributed by atoms with E-state index in [1.807, 2.05) is 32.9 Å². The molecule has 3 amide bonds. The van der Waals surface area contributed by atoms with Gasteiger partial charge in [-0.25, -0.2) is 14.4 Å². The number of rotatable bonds is 6. The summed E-state index contributed by atoms with van der Waals surface area (Å²) in [6, 6.07) is 6.56. The molecule has 0 bridgehead atoms. The Labute approximate surface area is 346 Å². The molecule has 10 atom stereocenters. The summed E-state index contributed by atoms with van der Waals surface area (Å²) in [6.45, 7) is 25.4. The van der Waals surface area contributed by atoms with Crippen molar-refractivity contribution in [1.29, 1.82) is 0 Å². The molecule has 1 heterocycles. The first-order chi connectivity index (χ1) is 27.0. The number of carboxylic acids is 2. The second-order valence-electron chi connectivity index (χ2n) is 21.6. The van der Waals surface area contributed by atoms with E-state index in [0.29, 0.717) is 29.2 Å². The van der Waals surface area contributed by atoms with Gasteiger partial charge in [-0.2, -0.15) is 0 Å². The van der Waals surface area contributed by atoms with Gasteiger partial charge in [-0.05, 0) is 160 Å². The average Bonchev–Trinajstić information content (AvgIpc) is 3.50. The van der Waals surface area contributed by atoms with Gasteiger partial charge >= 0.3 is 24.1 Å². The Morgan fingerprint density at radius 2 is 1.57 bits per heavy atom. The topological polar surface area (TPSA) is 136 Å². The first-order valence-electron chi connectivity index (χ1n) is 22.0. The molecule has 0 spiro atoms. The molecule has 10 heteroatoms. The minimum Gasteiger partial charge on any atom is -0.481 e. The highest BCUT2D eigenvalue weighted by Crippen LogP contribution is 2.76. The Bertz CT molecular complexity index is 1880. The fraction of sp³-hybridized carbons (Fsp3) is 0.708. The van der Waals surface area contributed by atoms with Crippen LogP contribution in [0.1, 0.15) is 142 Å². The number of hydrogen-bond donors (Lipinski definition) is 3. The second-order valence-corrected chi connectivity index (χ2v) is 21.6. The van der Waals surface area contributed by atoms with Crippen molar-refractivity contribution in [3.8, 4) is 0 Å². The largest absolute Gasteiger partial charge is 0.481 e. The Morgan fingerprint density at radius 1 is 0.879 bits per heavy atom. The lowest BCUT2D eigenvalue weighted by atomic mass is 9.33. The highest BCUT2D eigenvalue weighted by molar-refractivity contribution is 5.88. The predicted octanol–water partition coefficient (Wildman–Crippen LogP) is 9.89. The highest BCUT2D eigenvalue weighted by Gasteiger charge is 2.70. The molecule has 1 aromatic carbocycles. The minimum absolute atomic E-state index is 0.0620. The summed E-state index contributed by atoms with van der Waals surface area (Å²) >= 11 is 0. The molecule has 7 rings (SSSR count). The number of benzene rings is 1. The van der Waals surface area contributed by atoms with Crippen LogP contribution in [0, 0.1) is 51.2 Å². The lowest BCUT2D eigenvalue weighted by Gasteiger charge is -2.72. The number of nitrogens with zero attached hydrogens (tertiary/aromatic N) is 2. The molecular weight excluding hydrogens is 731 g/mol. The molecule has 5 fully saturated rings. The predicted molar refractivity (Wildman–Crippen MR) is 225 cm³/mol. The van der Waals surface area contributed by atoms with Crippen LogP contribution in [0.3, 0.4) is 0 Å². The maximum Gasteiger partial charge on any atom is 0.410 e. The van der Waals surface area contributed by atoms with E-state index >= 15 is 0 Å². The zero-order valence-electron chi connectivity index (χ0n) is 36.6. The van der Waals surface area contributed by atoms with Gasteiger partial charge in [0.15, 0.2) is 0 Å². The number of hydrogen-bond acceptors (Lipinski definition) is 5. The van der Waals surface area contributed by atoms with Crippen molar-refractivity contribution in [2.75, 3.05) is 19.6 Å². The Morgan fingerprint density at radius 3 is 2.19 bits per heavy atom. The van der Waals surface area contributed by atoms with Crippen LogP contribution in [0.2, 0.25) is 0 Å². The monoisotopic (exact) mass is 800 g/mol. The summed E-state index contributed by atoms with van der Waals surface area (Å²) in [7, 11) is 0. The molecular formula is C48H69N3O7. The van der Waals surface area contributed by atoms with Gasteiger partial charge in [-0.3, -0.25) is 4.79 Å². The molecule has 10 nitrogen and oxygen atoms in total. The van der Waals surface area contributed by atoms with E-state index in [0.717, 1.165) is 63.4 Å². The van der Waals surface area contributed by atoms with Crippen LogP contribution < -0.4 is 5.32 Å². The second kappa shape index (κ2) is 14.4. The third kappa shape index (κ3) is 6.76. The number of ether oxygens (including phenoxy) is 1. The van der Waals surface area contributed by atoms with E-state index in [9.17, 15) is 29.4 Å². The van der Waals surface area contributed by atoms with Crippen molar-refractivity contribution in [1.82, 2.24) is 15.1 Å². The Balaban J connectivity index is 1.15. The fourth-order valence-electron chi connectivity index (χ4n) is 14.5. The summed E-state index contributed by atoms with van der Waals surface area (Å²) in [6.07, 6.45) is 11.1. The lowest BCUT2D eigenvalue weighted by Crippen LogP contribution is -2.69. The number of nitrogens with one attached hydrogen (secondary N) is 1. The molecule has 10 unspecified atom stereocenters. The number of piperazine rings is 1. The molecule has 1 aromatic rings. The van der Waals surface area contributed by atoms with Crippen molar-refractivity contribution >= 4 is 29.6 Å². The van der Waals surface area contributed by atoms with Gasteiger partial charge < -0.3 is 30.1 Å². The first kappa shape index (κ1) is 42.3. The zero-order chi connectivity index (χ0) is 42.4. The van der Waals surface area contributed by atoms with E-state index in [2.05, 4.69) is 59.5 Å². The molecule has 5 aliphatic carbocycles. The van der Waals surface area contributed by atoms with Crippen molar-refractivity contribution in [3.05, 3.63) is 53.6 Å². The molecule has 3 N–H and O–H groups in total. The van der Waals surface area contributed by atoms with E-state index < -0.39 is 35.2 Å². The third-order valence-electron chi connectivity index (χ3n) is 17.2. The number of fused-ring (bicyclic) bond motifs is 7. The van der Waals surface area contributed by atoms with Gasteiger partial charge in [-0.15, -0.1) is 0 Å². The quantitative estimate of drug-likeness (QED) is 0.244. The molecule has 0 aromatic heterocycles. The van der Waals surface area contributed by atoms with Gasteiger partial charge in [0.25, 0.3) is 0 Å². The summed E-state index contributed by atoms with van der Waals surface area (Å²) in [5, 5.41) is 23.1. The Kier molecular flexibility index (Phi) is 10.5. The number of carbonyl (C=O) groups excluding carboxylic acids is 2. The average molecular weight is 800 g/mol. The van der Waals surface area contributed by atoms with Crippen molar-refractivity contribution in [2.24, 2.45) is 51.2 Å². The van der Waals surface area contributed by atoms with E-state index in [4.69, 9.17) is 4.74 Å². The van der Waals surface area contributed by atoms with Gasteiger partial charge in [-0.1, -0.05) is 65.0 Å². The number of urea groups is 1. The number of allylic oxidation sites excluding steroid dienone is 3. The van der Waals surface area contributed by atoms with Crippen LogP contribution in [0.25, 0.3) is 5.57 Å². The van der Waals surface area contributed by atoms with Gasteiger partial charge in [0.1, 0.15) is 5.60 Å². The molecule has 318 valence electrons. The van der Waals surface area contributed by atoms with Gasteiger partial charge in [0, 0.05) is 25.2 Å². The summed E-state index contributed by atoms with van der Waals surface area (Å²) in [5.74, 6) is 0.0573. The normalized spacial score (nSPS) is 37.9. The minimum atomic E-state index is -1.00. The van der Waals surface area contributed by atoms with Gasteiger partial charge in [0.2, 0.25) is 0 Å². The van der Waals surface area contributed by atoms with Crippen LogP contribution in [0.5, 0.6) is 0 Å². The van der Waals surface area contributed by atoms with Crippen LogP contribution in [-0.4, -0.2) is 80.9 Å². The number of aromatic carboxylic acids is 1. The summed E-state index contributed by atoms with van der Waals surface area (Å²) < 4.78 is 5.61. The van der Waals surface area contributed by atoms with Crippen LogP contribution in [-0.2, 0) is 9.53 Å². The van der Waals surface area contributed by atoms with Crippen LogP contribution in [0.4, 0.5) is 9.59 Å². The number of aliphatic carboxylic acids is 1. The van der Waals surface area contributed by atoms with E-state index in [1.54, 1.807) is 21.9 Å². The Hall–Kier alpha value is -3.82. The van der Waals surface area contributed by atoms with Crippen LogP contribution in [0.15, 0.2) is 42.5 Å². The summed E-state index contributed by atoms with van der Waals surface area (Å²) in [4.78, 5) is 54.5. The first-order valence-corrected chi connectivity index (χ1v) is 22.0. The lowest BCUT2D eigenvalue weighted by molar-refractivity contribution is -0.218.